The van der Waals surface area contributed by atoms with Gasteiger partial charge in [-0.25, -0.2) is 0 Å². The molecule has 1 fully saturated rings. The van der Waals surface area contributed by atoms with E-state index in [-0.39, 0.29) is 24.5 Å². The summed E-state index contributed by atoms with van der Waals surface area (Å²) >= 11 is 0. The maximum atomic E-state index is 13.4. The minimum Gasteiger partial charge on any atom is -0.396 e. The van der Waals surface area contributed by atoms with E-state index in [0.717, 1.165) is 24.2 Å². The number of nitrogens with zero attached hydrogens (tertiary/aromatic N) is 2. The molecule has 0 spiro atoms. The summed E-state index contributed by atoms with van der Waals surface area (Å²) in [5, 5.41) is 9.30. The van der Waals surface area contributed by atoms with Crippen LogP contribution in [0.25, 0.3) is 0 Å². The van der Waals surface area contributed by atoms with Gasteiger partial charge in [0.15, 0.2) is 0 Å². The van der Waals surface area contributed by atoms with Gasteiger partial charge in [-0.2, -0.15) is 0 Å². The topological polar surface area (TPSA) is 43.8 Å². The van der Waals surface area contributed by atoms with E-state index in [4.69, 9.17) is 0 Å². The monoisotopic (exact) mass is 338 g/mol. The molecule has 1 heterocycles. The maximum absolute atomic E-state index is 13.4. The van der Waals surface area contributed by atoms with Gasteiger partial charge in [-0.05, 0) is 24.6 Å². The molecule has 1 aliphatic heterocycles. The number of carbonyl (C=O) groups excluding carboxylic acids is 1. The van der Waals surface area contributed by atoms with Crippen LogP contribution < -0.4 is 0 Å². The molecule has 1 aliphatic rings. The van der Waals surface area contributed by atoms with E-state index < -0.39 is 0 Å². The van der Waals surface area contributed by atoms with Crippen molar-refractivity contribution in [1.82, 2.24) is 9.80 Å². The molecule has 0 radical (unpaired) electrons. The third-order valence-corrected chi connectivity index (χ3v) is 5.06. The van der Waals surface area contributed by atoms with Gasteiger partial charge in [0.05, 0.1) is 5.92 Å². The first-order valence-corrected chi connectivity index (χ1v) is 8.90. The van der Waals surface area contributed by atoms with Crippen LogP contribution in [0.1, 0.15) is 23.5 Å². The predicted octanol–water partition coefficient (Wildman–Crippen LogP) is 2.34. The Balaban J connectivity index is 1.87. The van der Waals surface area contributed by atoms with Crippen LogP contribution in [0.3, 0.4) is 0 Å². The third-order valence-electron chi connectivity index (χ3n) is 5.06. The van der Waals surface area contributed by atoms with Gasteiger partial charge in [0.25, 0.3) is 0 Å². The molecule has 0 bridgehead atoms. The highest BCUT2D eigenvalue weighted by Crippen LogP contribution is 2.28. The van der Waals surface area contributed by atoms with E-state index in [1.165, 1.54) is 0 Å². The van der Waals surface area contributed by atoms with Crippen LogP contribution in [0.15, 0.2) is 60.7 Å². The Hall–Kier alpha value is -2.17. The molecule has 3 rings (SSSR count). The van der Waals surface area contributed by atoms with Gasteiger partial charge in [-0.3, -0.25) is 9.69 Å². The van der Waals surface area contributed by atoms with Gasteiger partial charge in [0, 0.05) is 32.3 Å². The first-order chi connectivity index (χ1) is 12.2. The molecule has 25 heavy (non-hydrogen) atoms. The quantitative estimate of drug-likeness (QED) is 0.910. The van der Waals surface area contributed by atoms with E-state index in [0.29, 0.717) is 13.0 Å². The number of aliphatic hydroxyl groups excluding tert-OH is 1. The lowest BCUT2D eigenvalue weighted by Crippen LogP contribution is -2.54. The molecule has 4 heteroatoms. The highest BCUT2D eigenvalue weighted by Gasteiger charge is 2.32. The minimum absolute atomic E-state index is 0.147. The van der Waals surface area contributed by atoms with E-state index in [1.54, 1.807) is 0 Å². The van der Waals surface area contributed by atoms with Crippen molar-refractivity contribution in [2.45, 2.75) is 18.4 Å². The molecule has 2 aromatic carbocycles. The molecular weight excluding hydrogens is 312 g/mol. The van der Waals surface area contributed by atoms with Crippen molar-refractivity contribution >= 4 is 5.91 Å². The zero-order valence-electron chi connectivity index (χ0n) is 14.7. The number of aliphatic hydroxyl groups is 1. The van der Waals surface area contributed by atoms with E-state index in [9.17, 15) is 9.90 Å². The molecule has 0 unspecified atom stereocenters. The fourth-order valence-electron chi connectivity index (χ4n) is 3.56. The van der Waals surface area contributed by atoms with Gasteiger partial charge in [0.1, 0.15) is 0 Å². The Morgan fingerprint density at radius 2 is 1.60 bits per heavy atom. The van der Waals surface area contributed by atoms with E-state index in [1.807, 2.05) is 65.6 Å². The van der Waals surface area contributed by atoms with Crippen molar-refractivity contribution in [3.05, 3.63) is 71.8 Å². The number of benzene rings is 2. The number of carbonyl (C=O) groups is 1. The summed E-state index contributed by atoms with van der Waals surface area (Å²) in [6.07, 6.45) is 0.696. The average Bonchev–Trinajstić information content (AvgIpc) is 2.65. The number of hydrogen-bond acceptors (Lipinski definition) is 3. The van der Waals surface area contributed by atoms with Crippen LogP contribution in [-0.2, 0) is 4.79 Å². The molecule has 0 aliphatic carbocycles. The van der Waals surface area contributed by atoms with Crippen LogP contribution in [0.2, 0.25) is 0 Å². The fourth-order valence-corrected chi connectivity index (χ4v) is 3.56. The number of amides is 1. The molecule has 1 amide bonds. The Labute approximate surface area is 149 Å². The van der Waals surface area contributed by atoms with Crippen LogP contribution in [0.4, 0.5) is 0 Å². The second-order valence-electron chi connectivity index (χ2n) is 6.69. The third kappa shape index (κ3) is 4.09. The Bertz CT molecular complexity index is 635. The van der Waals surface area contributed by atoms with Crippen LogP contribution in [0, 0.1) is 0 Å². The Kier molecular flexibility index (Phi) is 5.84. The fraction of sp³-hybridized carbons (Fsp3) is 0.381. The van der Waals surface area contributed by atoms with Crippen LogP contribution >= 0.6 is 0 Å². The van der Waals surface area contributed by atoms with Crippen molar-refractivity contribution in [3.8, 4) is 0 Å². The van der Waals surface area contributed by atoms with Gasteiger partial charge < -0.3 is 10.0 Å². The first-order valence-electron chi connectivity index (χ1n) is 8.90. The lowest BCUT2D eigenvalue weighted by Gasteiger charge is -2.40. The second kappa shape index (κ2) is 8.28. The molecule has 1 N–H and O–H groups in total. The molecule has 1 saturated heterocycles. The van der Waals surface area contributed by atoms with Crippen molar-refractivity contribution < 1.29 is 9.90 Å². The number of rotatable bonds is 5. The molecular formula is C21H26N2O2. The molecule has 0 saturated carbocycles. The minimum atomic E-state index is -0.277. The molecule has 0 aromatic heterocycles. The molecule has 2 aromatic rings. The lowest BCUT2D eigenvalue weighted by atomic mass is 9.89. The normalized spacial score (nSPS) is 18.5. The number of likely N-dealkylation sites (N-methyl/N-ethyl adjacent to an activating group) is 1. The van der Waals surface area contributed by atoms with E-state index in [2.05, 4.69) is 11.9 Å². The van der Waals surface area contributed by atoms with Crippen molar-refractivity contribution in [2.75, 3.05) is 33.3 Å². The van der Waals surface area contributed by atoms with Crippen molar-refractivity contribution in [1.29, 1.82) is 0 Å². The highest BCUT2D eigenvalue weighted by molar-refractivity contribution is 5.87. The summed E-state index contributed by atoms with van der Waals surface area (Å²) < 4.78 is 0. The molecule has 4 nitrogen and oxygen atoms in total. The van der Waals surface area contributed by atoms with Gasteiger partial charge >= 0.3 is 0 Å². The molecule has 132 valence electrons. The summed E-state index contributed by atoms with van der Waals surface area (Å²) in [7, 11) is 2.06. The van der Waals surface area contributed by atoms with Crippen LogP contribution in [-0.4, -0.2) is 60.1 Å². The van der Waals surface area contributed by atoms with Crippen LogP contribution in [0.5, 0.6) is 0 Å². The van der Waals surface area contributed by atoms with Crippen molar-refractivity contribution in [3.63, 3.8) is 0 Å². The summed E-state index contributed by atoms with van der Waals surface area (Å²) in [6, 6.07) is 20.2. The summed E-state index contributed by atoms with van der Waals surface area (Å²) in [4.78, 5) is 17.6. The predicted molar refractivity (Wildman–Crippen MR) is 99.4 cm³/mol. The zero-order chi connectivity index (χ0) is 17.6. The maximum Gasteiger partial charge on any atom is 0.234 e. The summed E-state index contributed by atoms with van der Waals surface area (Å²) in [6.45, 7) is 2.39. The number of piperazine rings is 1. The Morgan fingerprint density at radius 1 is 1.04 bits per heavy atom. The van der Waals surface area contributed by atoms with Gasteiger partial charge in [0.2, 0.25) is 5.91 Å². The standard InChI is InChI=1S/C21H26N2O2/c1-22-13-14-23(16-19(22)12-15-24)21(25)20(17-8-4-2-5-9-17)18-10-6-3-7-11-18/h2-11,19-20,24H,12-16H2,1H3/t19-/m0/s1. The second-order valence-corrected chi connectivity index (χ2v) is 6.69. The lowest BCUT2D eigenvalue weighted by molar-refractivity contribution is -0.134. The SMILES string of the molecule is CN1CCN(C(=O)C(c2ccccc2)c2ccccc2)C[C@@H]1CCO. The van der Waals surface area contributed by atoms with Gasteiger partial charge in [-0.15, -0.1) is 0 Å². The smallest absolute Gasteiger partial charge is 0.234 e. The Morgan fingerprint density at radius 3 is 2.12 bits per heavy atom. The average molecular weight is 338 g/mol. The largest absolute Gasteiger partial charge is 0.396 e. The number of hydrogen-bond donors (Lipinski definition) is 1. The zero-order valence-corrected chi connectivity index (χ0v) is 14.7. The first kappa shape index (κ1) is 17.6. The molecule has 1 atom stereocenters. The van der Waals surface area contributed by atoms with E-state index >= 15 is 0 Å². The summed E-state index contributed by atoms with van der Waals surface area (Å²) in [5.41, 5.74) is 2.05. The summed E-state index contributed by atoms with van der Waals surface area (Å²) in [5.74, 6) is -0.131. The van der Waals surface area contributed by atoms with Gasteiger partial charge in [-0.1, -0.05) is 60.7 Å². The highest BCUT2D eigenvalue weighted by atomic mass is 16.3. The van der Waals surface area contributed by atoms with Crippen molar-refractivity contribution in [2.24, 2.45) is 0 Å².